The van der Waals surface area contributed by atoms with Gasteiger partial charge in [-0.1, -0.05) is 12.2 Å². The van der Waals surface area contributed by atoms with Gasteiger partial charge in [0.25, 0.3) is 0 Å². The smallest absolute Gasteiger partial charge is 0.126 e. The second-order valence-corrected chi connectivity index (χ2v) is 5.10. The van der Waals surface area contributed by atoms with Gasteiger partial charge in [-0.2, -0.15) is 0 Å². The third kappa shape index (κ3) is 2.12. The van der Waals surface area contributed by atoms with Gasteiger partial charge in [0.1, 0.15) is 10.8 Å². The van der Waals surface area contributed by atoms with Crippen LogP contribution in [0.3, 0.4) is 0 Å². The number of hydrogen-bond donors (Lipinski definition) is 2. The molecule has 0 saturated carbocycles. The zero-order chi connectivity index (χ0) is 11.8. The Bertz CT molecular complexity index is 434. The molecule has 4 nitrogen and oxygen atoms in total. The monoisotopic (exact) mass is 249 g/mol. The topological polar surface area (TPSA) is 60.2 Å². The summed E-state index contributed by atoms with van der Waals surface area (Å²) < 4.78 is 5.79. The van der Waals surface area contributed by atoms with E-state index in [1.54, 1.807) is 6.20 Å². The van der Waals surface area contributed by atoms with Crippen molar-refractivity contribution < 1.29 is 4.74 Å². The molecule has 0 spiro atoms. The van der Waals surface area contributed by atoms with Crippen LogP contribution in [0.5, 0.6) is 0 Å². The highest BCUT2D eigenvalue weighted by atomic mass is 32.1. The van der Waals surface area contributed by atoms with Crippen molar-refractivity contribution in [3.05, 3.63) is 23.9 Å². The molecule has 2 bridgehead atoms. The maximum absolute atomic E-state index is 5.79. The molecule has 2 aliphatic rings. The van der Waals surface area contributed by atoms with Crippen molar-refractivity contribution in [2.45, 2.75) is 37.5 Å². The van der Waals surface area contributed by atoms with Crippen LogP contribution in [0.2, 0.25) is 0 Å². The van der Waals surface area contributed by atoms with Gasteiger partial charge in [0.05, 0.1) is 18.2 Å². The second kappa shape index (κ2) is 4.23. The Labute approximate surface area is 106 Å². The van der Waals surface area contributed by atoms with Crippen LogP contribution in [-0.2, 0) is 4.74 Å². The van der Waals surface area contributed by atoms with Gasteiger partial charge in [0, 0.05) is 11.8 Å². The minimum Gasteiger partial charge on any atom is -0.389 e. The molecule has 0 amide bonds. The van der Waals surface area contributed by atoms with Gasteiger partial charge in [-0.25, -0.2) is 4.98 Å². The number of nitrogens with zero attached hydrogens (tertiary/aromatic N) is 1. The van der Waals surface area contributed by atoms with Crippen LogP contribution in [0.4, 0.5) is 5.82 Å². The molecular formula is C12H15N3OS. The van der Waals surface area contributed by atoms with E-state index >= 15 is 0 Å². The lowest BCUT2D eigenvalue weighted by atomic mass is 9.95. The van der Waals surface area contributed by atoms with E-state index in [2.05, 4.69) is 10.3 Å². The van der Waals surface area contributed by atoms with E-state index in [4.69, 9.17) is 22.7 Å². The molecule has 0 aromatic carbocycles. The fourth-order valence-corrected chi connectivity index (χ4v) is 2.73. The highest BCUT2D eigenvalue weighted by molar-refractivity contribution is 7.80. The Morgan fingerprint density at radius 1 is 1.47 bits per heavy atom. The number of thiocarbonyl (C=S) groups is 1. The number of aromatic nitrogens is 1. The predicted molar refractivity (Wildman–Crippen MR) is 70.0 cm³/mol. The molecule has 3 rings (SSSR count). The van der Waals surface area contributed by atoms with Crippen LogP contribution >= 0.6 is 12.2 Å². The molecule has 3 heterocycles. The second-order valence-electron chi connectivity index (χ2n) is 4.66. The summed E-state index contributed by atoms with van der Waals surface area (Å²) in [6.07, 6.45) is 5.97. The molecule has 0 radical (unpaired) electrons. The summed E-state index contributed by atoms with van der Waals surface area (Å²) in [5.41, 5.74) is 6.33. The Morgan fingerprint density at radius 3 is 2.88 bits per heavy atom. The molecule has 1 aromatic rings. The van der Waals surface area contributed by atoms with Gasteiger partial charge in [0.15, 0.2) is 0 Å². The fraction of sp³-hybridized carbons (Fsp3) is 0.500. The first-order chi connectivity index (χ1) is 8.22. The number of ether oxygens (including phenoxy) is 1. The van der Waals surface area contributed by atoms with Gasteiger partial charge in [-0.3, -0.25) is 0 Å². The van der Waals surface area contributed by atoms with Gasteiger partial charge in [-0.05, 0) is 31.4 Å². The van der Waals surface area contributed by atoms with E-state index in [0.29, 0.717) is 23.2 Å². The van der Waals surface area contributed by atoms with E-state index in [9.17, 15) is 0 Å². The van der Waals surface area contributed by atoms with E-state index in [1.165, 1.54) is 6.42 Å². The van der Waals surface area contributed by atoms with E-state index < -0.39 is 0 Å². The number of hydrogen-bond acceptors (Lipinski definition) is 4. The molecule has 0 aliphatic carbocycles. The van der Waals surface area contributed by atoms with Crippen molar-refractivity contribution in [1.82, 2.24) is 4.98 Å². The number of rotatable bonds is 3. The van der Waals surface area contributed by atoms with Crippen molar-refractivity contribution in [2.24, 2.45) is 5.73 Å². The summed E-state index contributed by atoms with van der Waals surface area (Å²) >= 11 is 4.89. The lowest BCUT2D eigenvalue weighted by Gasteiger charge is -2.20. The third-order valence-electron chi connectivity index (χ3n) is 3.49. The Balaban J connectivity index is 1.67. The van der Waals surface area contributed by atoms with Crippen LogP contribution in [0.15, 0.2) is 18.3 Å². The Kier molecular flexibility index (Phi) is 2.72. The number of fused-ring (bicyclic) bond motifs is 2. The standard InChI is InChI=1S/C12H15N3OS/c13-12(17)7-1-4-11(14-6-7)15-9-5-8-2-3-10(9)16-8/h1,4,6,8-10H,2-3,5H2,(H2,13,17)(H,14,15). The summed E-state index contributed by atoms with van der Waals surface area (Å²) in [5.74, 6) is 0.867. The molecule has 1 aromatic heterocycles. The van der Waals surface area contributed by atoms with E-state index in [0.717, 1.165) is 24.2 Å². The zero-order valence-corrected chi connectivity index (χ0v) is 10.2. The van der Waals surface area contributed by atoms with E-state index in [-0.39, 0.29) is 0 Å². The van der Waals surface area contributed by atoms with Gasteiger partial charge in [0.2, 0.25) is 0 Å². The maximum atomic E-state index is 5.79. The molecule has 3 N–H and O–H groups in total. The summed E-state index contributed by atoms with van der Waals surface area (Å²) in [4.78, 5) is 4.69. The van der Waals surface area contributed by atoms with Crippen LogP contribution < -0.4 is 11.1 Å². The number of anilines is 1. The van der Waals surface area contributed by atoms with E-state index in [1.807, 2.05) is 12.1 Å². The molecule has 5 heteroatoms. The molecule has 2 saturated heterocycles. The summed E-state index contributed by atoms with van der Waals surface area (Å²) in [7, 11) is 0. The highest BCUT2D eigenvalue weighted by Crippen LogP contribution is 2.35. The molecule has 3 atom stereocenters. The predicted octanol–water partition coefficient (Wildman–Crippen LogP) is 1.45. The van der Waals surface area contributed by atoms with Crippen molar-refractivity contribution >= 4 is 23.0 Å². The lowest BCUT2D eigenvalue weighted by Crippen LogP contribution is -2.30. The Morgan fingerprint density at radius 2 is 2.35 bits per heavy atom. The van der Waals surface area contributed by atoms with Gasteiger partial charge in [-0.15, -0.1) is 0 Å². The minimum atomic E-state index is 0.358. The van der Waals surface area contributed by atoms with Crippen LogP contribution in [0, 0.1) is 0 Å². The quantitative estimate of drug-likeness (QED) is 0.794. The first kappa shape index (κ1) is 10.9. The highest BCUT2D eigenvalue weighted by Gasteiger charge is 2.40. The molecule has 3 unspecified atom stereocenters. The lowest BCUT2D eigenvalue weighted by molar-refractivity contribution is 0.102. The van der Waals surface area contributed by atoms with Crippen LogP contribution in [0.1, 0.15) is 24.8 Å². The fourth-order valence-electron chi connectivity index (χ4n) is 2.60. The normalized spacial score (nSPS) is 30.5. The number of pyridine rings is 1. The largest absolute Gasteiger partial charge is 0.389 e. The molecule has 2 fully saturated rings. The molecular weight excluding hydrogens is 234 g/mol. The maximum Gasteiger partial charge on any atom is 0.126 e. The molecule has 17 heavy (non-hydrogen) atoms. The van der Waals surface area contributed by atoms with Gasteiger partial charge < -0.3 is 15.8 Å². The SMILES string of the molecule is NC(=S)c1ccc(NC2CC3CCC2O3)nc1. The number of nitrogens with one attached hydrogen (secondary N) is 1. The Hall–Kier alpha value is -1.20. The van der Waals surface area contributed by atoms with Gasteiger partial charge >= 0.3 is 0 Å². The average molecular weight is 249 g/mol. The van der Waals surface area contributed by atoms with Crippen molar-refractivity contribution in [2.75, 3.05) is 5.32 Å². The number of nitrogens with two attached hydrogens (primary N) is 1. The molecule has 2 aliphatic heterocycles. The average Bonchev–Trinajstić information content (AvgIpc) is 2.91. The van der Waals surface area contributed by atoms with Crippen LogP contribution in [-0.4, -0.2) is 28.2 Å². The van der Waals surface area contributed by atoms with Crippen molar-refractivity contribution in [1.29, 1.82) is 0 Å². The third-order valence-corrected chi connectivity index (χ3v) is 3.72. The minimum absolute atomic E-state index is 0.358. The first-order valence-electron chi connectivity index (χ1n) is 5.90. The molecule has 90 valence electrons. The zero-order valence-electron chi connectivity index (χ0n) is 9.43. The van der Waals surface area contributed by atoms with Crippen LogP contribution in [0.25, 0.3) is 0 Å². The summed E-state index contributed by atoms with van der Waals surface area (Å²) in [5, 5.41) is 3.42. The summed E-state index contributed by atoms with van der Waals surface area (Å²) in [6, 6.07) is 4.21. The summed E-state index contributed by atoms with van der Waals surface area (Å²) in [6.45, 7) is 0. The first-order valence-corrected chi connectivity index (χ1v) is 6.31. The van der Waals surface area contributed by atoms with Crippen molar-refractivity contribution in [3.8, 4) is 0 Å². The van der Waals surface area contributed by atoms with Crippen molar-refractivity contribution in [3.63, 3.8) is 0 Å².